The third-order valence-corrected chi connectivity index (χ3v) is 2.91. The zero-order valence-corrected chi connectivity index (χ0v) is 14.0. The predicted molar refractivity (Wildman–Crippen MR) is 79.2 cm³/mol. The summed E-state index contributed by atoms with van der Waals surface area (Å²) in [6.07, 6.45) is 1.57. The van der Waals surface area contributed by atoms with Crippen LogP contribution in [0.4, 0.5) is 0 Å². The number of ether oxygens (including phenoxy) is 2. The van der Waals surface area contributed by atoms with Gasteiger partial charge in [-0.15, -0.1) is 0 Å². The number of carbonyl (C=O) groups is 2. The van der Waals surface area contributed by atoms with Crippen molar-refractivity contribution >= 4 is 11.9 Å². The first-order valence-electron chi connectivity index (χ1n) is 7.29. The van der Waals surface area contributed by atoms with Gasteiger partial charge in [0.05, 0.1) is 24.0 Å². The fourth-order valence-corrected chi connectivity index (χ4v) is 1.28. The van der Waals surface area contributed by atoms with Crippen LogP contribution in [0.15, 0.2) is 0 Å². The second-order valence-corrected chi connectivity index (χ2v) is 7.45. The van der Waals surface area contributed by atoms with E-state index in [-0.39, 0.29) is 11.9 Å². The van der Waals surface area contributed by atoms with Crippen molar-refractivity contribution in [1.29, 1.82) is 0 Å². The molecule has 0 fully saturated rings. The molecule has 0 N–H and O–H groups in total. The van der Waals surface area contributed by atoms with Gasteiger partial charge in [-0.3, -0.25) is 9.59 Å². The van der Waals surface area contributed by atoms with Crippen LogP contribution in [0.3, 0.4) is 0 Å². The molecule has 0 aromatic carbocycles. The largest absolute Gasteiger partial charge is 0.465 e. The highest BCUT2D eigenvalue weighted by molar-refractivity contribution is 5.75. The lowest BCUT2D eigenvalue weighted by molar-refractivity contribution is -0.153. The molecular formula is C16H30O4. The molecule has 0 unspecified atom stereocenters. The maximum absolute atomic E-state index is 11.6. The highest BCUT2D eigenvalue weighted by atomic mass is 16.5. The average molecular weight is 286 g/mol. The van der Waals surface area contributed by atoms with Gasteiger partial charge in [0.15, 0.2) is 0 Å². The standard InChI is InChI=1S/C16H30O4/c1-12(8-10-19-13(17)15(2,3)4)9-11-20-14(18)16(5,6)7/h12H,8-11H2,1-7H3. The van der Waals surface area contributed by atoms with E-state index in [9.17, 15) is 9.59 Å². The minimum Gasteiger partial charge on any atom is -0.465 e. The second kappa shape index (κ2) is 7.65. The number of hydrogen-bond acceptors (Lipinski definition) is 4. The SMILES string of the molecule is CC(CCOC(=O)C(C)(C)C)CCOC(=O)C(C)(C)C. The predicted octanol–water partition coefficient (Wildman–Crippen LogP) is 3.58. The van der Waals surface area contributed by atoms with Gasteiger partial charge in [-0.2, -0.15) is 0 Å². The molecule has 20 heavy (non-hydrogen) atoms. The van der Waals surface area contributed by atoms with E-state index in [2.05, 4.69) is 6.92 Å². The van der Waals surface area contributed by atoms with Crippen molar-refractivity contribution in [3.05, 3.63) is 0 Å². The summed E-state index contributed by atoms with van der Waals surface area (Å²) < 4.78 is 10.4. The molecule has 0 heterocycles. The Hall–Kier alpha value is -1.06. The molecule has 0 amide bonds. The maximum Gasteiger partial charge on any atom is 0.311 e. The van der Waals surface area contributed by atoms with Gasteiger partial charge in [-0.05, 0) is 60.3 Å². The molecule has 0 radical (unpaired) electrons. The van der Waals surface area contributed by atoms with E-state index < -0.39 is 10.8 Å². The van der Waals surface area contributed by atoms with Gasteiger partial charge in [0.2, 0.25) is 0 Å². The molecule has 0 saturated heterocycles. The Kier molecular flexibility index (Phi) is 7.25. The number of carbonyl (C=O) groups excluding carboxylic acids is 2. The number of esters is 2. The Morgan fingerprint density at radius 1 is 0.800 bits per heavy atom. The quantitative estimate of drug-likeness (QED) is 0.700. The minimum atomic E-state index is -0.453. The molecule has 4 nitrogen and oxygen atoms in total. The van der Waals surface area contributed by atoms with Crippen LogP contribution < -0.4 is 0 Å². The van der Waals surface area contributed by atoms with Crippen molar-refractivity contribution in [2.75, 3.05) is 13.2 Å². The highest BCUT2D eigenvalue weighted by Gasteiger charge is 2.24. The van der Waals surface area contributed by atoms with Crippen molar-refractivity contribution in [3.8, 4) is 0 Å². The normalized spacial score (nSPS) is 12.4. The number of hydrogen-bond donors (Lipinski definition) is 0. The van der Waals surface area contributed by atoms with Crippen molar-refractivity contribution in [2.24, 2.45) is 16.7 Å². The van der Waals surface area contributed by atoms with E-state index in [0.717, 1.165) is 12.8 Å². The molecule has 0 aliphatic heterocycles. The summed E-state index contributed by atoms with van der Waals surface area (Å²) in [6.45, 7) is 13.9. The Labute approximate surface area is 123 Å². The lowest BCUT2D eigenvalue weighted by Crippen LogP contribution is -2.24. The van der Waals surface area contributed by atoms with Crippen LogP contribution in [-0.2, 0) is 19.1 Å². The molecule has 0 spiro atoms. The fraction of sp³-hybridized carbons (Fsp3) is 0.875. The van der Waals surface area contributed by atoms with Crippen LogP contribution in [0.25, 0.3) is 0 Å². The van der Waals surface area contributed by atoms with Gasteiger partial charge < -0.3 is 9.47 Å². The third-order valence-electron chi connectivity index (χ3n) is 2.91. The van der Waals surface area contributed by atoms with Crippen molar-refractivity contribution < 1.29 is 19.1 Å². The summed E-state index contributed by atoms with van der Waals surface area (Å²) in [7, 11) is 0. The molecule has 0 saturated carbocycles. The van der Waals surface area contributed by atoms with Crippen LogP contribution in [0.5, 0.6) is 0 Å². The van der Waals surface area contributed by atoms with Crippen molar-refractivity contribution in [1.82, 2.24) is 0 Å². The lowest BCUT2D eigenvalue weighted by Gasteiger charge is -2.19. The van der Waals surface area contributed by atoms with Gasteiger partial charge in [0.25, 0.3) is 0 Å². The Morgan fingerprint density at radius 3 is 1.35 bits per heavy atom. The molecule has 0 rings (SSSR count). The average Bonchev–Trinajstić information content (AvgIpc) is 2.26. The second-order valence-electron chi connectivity index (χ2n) is 7.45. The minimum absolute atomic E-state index is 0.177. The first-order chi connectivity index (χ1) is 8.94. The van der Waals surface area contributed by atoms with Crippen LogP contribution in [0.1, 0.15) is 61.3 Å². The van der Waals surface area contributed by atoms with Crippen LogP contribution in [0, 0.1) is 16.7 Å². The maximum atomic E-state index is 11.6. The van der Waals surface area contributed by atoms with E-state index in [1.165, 1.54) is 0 Å². The molecule has 4 heteroatoms. The molecule has 0 atom stereocenters. The van der Waals surface area contributed by atoms with E-state index in [1.807, 2.05) is 41.5 Å². The van der Waals surface area contributed by atoms with Crippen molar-refractivity contribution in [3.63, 3.8) is 0 Å². The summed E-state index contributed by atoms with van der Waals surface area (Å²) in [6, 6.07) is 0. The number of rotatable bonds is 6. The van der Waals surface area contributed by atoms with E-state index in [0.29, 0.717) is 19.1 Å². The van der Waals surface area contributed by atoms with Crippen molar-refractivity contribution in [2.45, 2.75) is 61.3 Å². The van der Waals surface area contributed by atoms with Gasteiger partial charge in [-0.25, -0.2) is 0 Å². The topological polar surface area (TPSA) is 52.6 Å². The molecule has 0 bridgehead atoms. The first kappa shape index (κ1) is 18.9. The zero-order chi connectivity index (χ0) is 16.0. The highest BCUT2D eigenvalue weighted by Crippen LogP contribution is 2.18. The van der Waals surface area contributed by atoms with E-state index in [1.54, 1.807) is 0 Å². The first-order valence-corrected chi connectivity index (χ1v) is 7.29. The molecule has 0 aromatic rings. The summed E-state index contributed by atoms with van der Waals surface area (Å²) in [4.78, 5) is 23.1. The Morgan fingerprint density at radius 2 is 1.10 bits per heavy atom. The molecule has 0 aliphatic rings. The molecule has 0 aliphatic carbocycles. The van der Waals surface area contributed by atoms with Gasteiger partial charge in [-0.1, -0.05) is 6.92 Å². The lowest BCUT2D eigenvalue weighted by atomic mass is 9.97. The van der Waals surface area contributed by atoms with E-state index >= 15 is 0 Å². The van der Waals surface area contributed by atoms with Crippen LogP contribution >= 0.6 is 0 Å². The zero-order valence-electron chi connectivity index (χ0n) is 14.0. The Balaban J connectivity index is 3.78. The van der Waals surface area contributed by atoms with Gasteiger partial charge in [0, 0.05) is 0 Å². The smallest absolute Gasteiger partial charge is 0.311 e. The van der Waals surface area contributed by atoms with Crippen LogP contribution in [-0.4, -0.2) is 25.2 Å². The monoisotopic (exact) mass is 286 g/mol. The molecular weight excluding hydrogens is 256 g/mol. The molecule has 0 aromatic heterocycles. The van der Waals surface area contributed by atoms with Gasteiger partial charge in [0.1, 0.15) is 0 Å². The molecule has 118 valence electrons. The summed E-state index contributed by atoms with van der Waals surface area (Å²) in [5, 5.41) is 0. The summed E-state index contributed by atoms with van der Waals surface area (Å²) >= 11 is 0. The Bertz CT molecular complexity index is 288. The third kappa shape index (κ3) is 8.18. The van der Waals surface area contributed by atoms with Gasteiger partial charge >= 0.3 is 11.9 Å². The summed E-state index contributed by atoms with van der Waals surface area (Å²) in [5.41, 5.74) is -0.906. The summed E-state index contributed by atoms with van der Waals surface area (Å²) in [5.74, 6) is 0.00302. The fourth-order valence-electron chi connectivity index (χ4n) is 1.28. The van der Waals surface area contributed by atoms with E-state index in [4.69, 9.17) is 9.47 Å². The van der Waals surface area contributed by atoms with Crippen LogP contribution in [0.2, 0.25) is 0 Å².